The van der Waals surface area contributed by atoms with E-state index in [1.807, 2.05) is 18.2 Å². The first kappa shape index (κ1) is 28.5. The van der Waals surface area contributed by atoms with Crippen molar-refractivity contribution in [3.63, 3.8) is 0 Å². The lowest BCUT2D eigenvalue weighted by atomic mass is 10.2. The van der Waals surface area contributed by atoms with Crippen LogP contribution in [0, 0.1) is 0 Å². The van der Waals surface area contributed by atoms with E-state index >= 15 is 0 Å². The molecule has 2 heterocycles. The van der Waals surface area contributed by atoms with E-state index in [0.29, 0.717) is 50.0 Å². The molecule has 10 nitrogen and oxygen atoms in total. The number of carbonyl (C=O) groups is 1. The Morgan fingerprint density at radius 1 is 0.977 bits per heavy atom. The van der Waals surface area contributed by atoms with Crippen LogP contribution in [-0.4, -0.2) is 42.6 Å². The van der Waals surface area contributed by atoms with Gasteiger partial charge in [-0.15, -0.1) is 0 Å². The van der Waals surface area contributed by atoms with Crippen LogP contribution in [0.2, 0.25) is 5.02 Å². The van der Waals surface area contributed by atoms with Gasteiger partial charge in [-0.05, 0) is 60.7 Å². The molecule has 0 unspecified atom stereocenters. The number of nitrogens with one attached hydrogen (secondary N) is 1. The van der Waals surface area contributed by atoms with E-state index < -0.39 is 0 Å². The molecule has 0 saturated carbocycles. The number of halogens is 1. The summed E-state index contributed by atoms with van der Waals surface area (Å²) < 4.78 is 24.1. The Hall–Kier alpha value is -5.61. The average molecular weight is 609 g/mol. The summed E-state index contributed by atoms with van der Waals surface area (Å²) in [5.74, 6) is 1.04. The fraction of sp³-hybridized carbons (Fsp3) is 0.0909. The van der Waals surface area contributed by atoms with Gasteiger partial charge in [-0.1, -0.05) is 41.9 Å². The van der Waals surface area contributed by atoms with Crippen molar-refractivity contribution in [3.05, 3.63) is 112 Å². The highest BCUT2D eigenvalue weighted by atomic mass is 35.5. The Morgan fingerprint density at radius 3 is 2.45 bits per heavy atom. The van der Waals surface area contributed by atoms with Gasteiger partial charge in [-0.2, -0.15) is 9.78 Å². The molecule has 0 radical (unpaired) electrons. The minimum atomic E-state index is -0.386. The first-order valence-corrected chi connectivity index (χ1v) is 13.8. The van der Waals surface area contributed by atoms with E-state index in [1.54, 1.807) is 72.8 Å². The lowest BCUT2D eigenvalue weighted by Gasteiger charge is -2.15. The molecule has 6 rings (SSSR count). The summed E-state index contributed by atoms with van der Waals surface area (Å²) in [6.07, 6.45) is 1.47. The molecule has 2 aromatic heterocycles. The van der Waals surface area contributed by atoms with E-state index in [2.05, 4.69) is 10.4 Å². The number of para-hydroxylation sites is 2. The van der Waals surface area contributed by atoms with E-state index in [0.717, 1.165) is 5.39 Å². The molecular weight excluding hydrogens is 584 g/mol. The smallest absolute Gasteiger partial charge is 0.282 e. The van der Waals surface area contributed by atoms with Gasteiger partial charge in [0.2, 0.25) is 11.6 Å². The van der Waals surface area contributed by atoms with Crippen LogP contribution in [0.5, 0.6) is 17.2 Å². The van der Waals surface area contributed by atoms with Crippen molar-refractivity contribution in [2.45, 2.75) is 0 Å². The molecule has 0 aliphatic carbocycles. The Labute approximate surface area is 256 Å². The summed E-state index contributed by atoms with van der Waals surface area (Å²) in [6.45, 7) is -0.278. The van der Waals surface area contributed by atoms with E-state index in [-0.39, 0.29) is 29.6 Å². The summed E-state index contributed by atoms with van der Waals surface area (Å²) in [4.78, 5) is 30.8. The summed E-state index contributed by atoms with van der Waals surface area (Å²) in [6, 6.07) is 26.4. The van der Waals surface area contributed by atoms with Crippen LogP contribution in [0.3, 0.4) is 0 Å². The topological polar surface area (TPSA) is 117 Å². The largest absolute Gasteiger partial charge is 0.493 e. The highest BCUT2D eigenvalue weighted by molar-refractivity contribution is 6.31. The van der Waals surface area contributed by atoms with Crippen LogP contribution in [0.25, 0.3) is 33.5 Å². The molecule has 11 heteroatoms. The summed E-state index contributed by atoms with van der Waals surface area (Å²) in [5.41, 5.74) is 1.88. The Kier molecular flexibility index (Phi) is 7.98. The molecule has 6 aromatic rings. The van der Waals surface area contributed by atoms with Crippen LogP contribution < -0.4 is 25.1 Å². The second-order valence-corrected chi connectivity index (χ2v) is 10.0. The van der Waals surface area contributed by atoms with E-state index in [9.17, 15) is 9.59 Å². The van der Waals surface area contributed by atoms with Crippen LogP contribution in [0.15, 0.2) is 105 Å². The summed E-state index contributed by atoms with van der Waals surface area (Å²) in [5, 5.41) is 8.97. The number of benzene rings is 4. The monoisotopic (exact) mass is 608 g/mol. The maximum Gasteiger partial charge on any atom is 0.282 e. The van der Waals surface area contributed by atoms with Crippen LogP contribution in [0.1, 0.15) is 5.56 Å². The van der Waals surface area contributed by atoms with Gasteiger partial charge in [0, 0.05) is 21.7 Å². The molecule has 0 saturated heterocycles. The van der Waals surface area contributed by atoms with E-state index in [4.69, 9.17) is 35.2 Å². The number of carbonyl (C=O) groups excluding carboxylic acids is 1. The maximum atomic E-state index is 13.6. The number of rotatable bonds is 9. The third-order valence-corrected chi connectivity index (χ3v) is 6.90. The van der Waals surface area contributed by atoms with Crippen molar-refractivity contribution >= 4 is 51.3 Å². The number of methoxy groups -OCH3 is 2. The zero-order valence-corrected chi connectivity index (χ0v) is 24.4. The van der Waals surface area contributed by atoms with Crippen molar-refractivity contribution in [1.29, 1.82) is 0 Å². The van der Waals surface area contributed by atoms with Crippen molar-refractivity contribution in [3.8, 4) is 28.8 Å². The zero-order chi connectivity index (χ0) is 30.6. The highest BCUT2D eigenvalue weighted by Crippen LogP contribution is 2.38. The minimum Gasteiger partial charge on any atom is -0.493 e. The Balaban J connectivity index is 1.35. The molecule has 220 valence electrons. The van der Waals surface area contributed by atoms with Gasteiger partial charge in [0.05, 0.1) is 31.3 Å². The first-order chi connectivity index (χ1) is 21.4. The first-order valence-electron chi connectivity index (χ1n) is 13.4. The lowest BCUT2D eigenvalue weighted by Crippen LogP contribution is -2.20. The van der Waals surface area contributed by atoms with E-state index in [1.165, 1.54) is 25.1 Å². The van der Waals surface area contributed by atoms with Crippen molar-refractivity contribution in [1.82, 2.24) is 9.66 Å². The van der Waals surface area contributed by atoms with Gasteiger partial charge in [0.25, 0.3) is 11.5 Å². The van der Waals surface area contributed by atoms with Crippen molar-refractivity contribution < 1.29 is 23.4 Å². The average Bonchev–Trinajstić information content (AvgIpc) is 3.46. The summed E-state index contributed by atoms with van der Waals surface area (Å²) in [7, 11) is 2.94. The number of fused-ring (bicyclic) bond motifs is 2. The molecule has 4 aromatic carbocycles. The number of furan rings is 1. The summed E-state index contributed by atoms with van der Waals surface area (Å²) >= 11 is 6.17. The number of hydrogen-bond acceptors (Lipinski definition) is 8. The quantitative estimate of drug-likeness (QED) is 0.189. The Bertz CT molecular complexity index is 2060. The molecule has 0 bridgehead atoms. The van der Waals surface area contributed by atoms with Gasteiger partial charge < -0.3 is 23.9 Å². The predicted octanol–water partition coefficient (Wildman–Crippen LogP) is 6.38. The van der Waals surface area contributed by atoms with Gasteiger partial charge in [0.15, 0.2) is 23.9 Å². The van der Waals surface area contributed by atoms with Crippen molar-refractivity contribution in [2.24, 2.45) is 5.10 Å². The molecular formula is C33H25ClN4O6. The third kappa shape index (κ3) is 5.83. The molecule has 44 heavy (non-hydrogen) atoms. The molecule has 0 atom stereocenters. The van der Waals surface area contributed by atoms with Gasteiger partial charge in [-0.3, -0.25) is 9.59 Å². The zero-order valence-electron chi connectivity index (χ0n) is 23.6. The van der Waals surface area contributed by atoms with Crippen molar-refractivity contribution in [2.75, 3.05) is 26.1 Å². The van der Waals surface area contributed by atoms with Gasteiger partial charge >= 0.3 is 0 Å². The molecule has 0 aliphatic heterocycles. The molecule has 0 spiro atoms. The minimum absolute atomic E-state index is 0.209. The van der Waals surface area contributed by atoms with Gasteiger partial charge in [0.1, 0.15) is 5.58 Å². The normalized spacial score (nSPS) is 11.2. The maximum absolute atomic E-state index is 13.6. The number of aromatic nitrogens is 2. The highest BCUT2D eigenvalue weighted by Gasteiger charge is 2.18. The Morgan fingerprint density at radius 2 is 1.70 bits per heavy atom. The van der Waals surface area contributed by atoms with Crippen LogP contribution >= 0.6 is 11.6 Å². The second-order valence-electron chi connectivity index (χ2n) is 9.56. The number of ether oxygens (including phenoxy) is 3. The second kappa shape index (κ2) is 12.3. The fourth-order valence-corrected chi connectivity index (χ4v) is 4.79. The third-order valence-electron chi connectivity index (χ3n) is 6.66. The standard InChI is InChI=1S/C33H25ClN4O6/c1-41-27-14-20(15-28(42-2)31(27)43-19-30(39)36-23-8-4-3-5-9-23)18-35-38-32(37-25-11-7-6-10-24(25)33(38)40)29-17-21-16-22(34)12-13-26(21)44-29/h3-18H,19H2,1-2H3,(H,36,39). The van der Waals surface area contributed by atoms with Gasteiger partial charge in [-0.25, -0.2) is 4.98 Å². The predicted molar refractivity (Wildman–Crippen MR) is 169 cm³/mol. The number of amides is 1. The number of anilines is 1. The molecule has 1 amide bonds. The van der Waals surface area contributed by atoms with Crippen LogP contribution in [-0.2, 0) is 4.79 Å². The molecule has 0 fully saturated rings. The lowest BCUT2D eigenvalue weighted by molar-refractivity contribution is -0.118. The molecule has 0 aliphatic rings. The number of hydrogen-bond donors (Lipinski definition) is 1. The fourth-order valence-electron chi connectivity index (χ4n) is 4.61. The molecule has 1 N–H and O–H groups in total. The SMILES string of the molecule is COc1cc(C=Nn2c(-c3cc4cc(Cl)ccc4o3)nc3ccccc3c2=O)cc(OC)c1OCC(=O)Nc1ccccc1. The number of nitrogens with zero attached hydrogens (tertiary/aromatic N) is 3. The van der Waals surface area contributed by atoms with Crippen LogP contribution in [0.4, 0.5) is 5.69 Å².